The number of aliphatic imine (C=N–C) groups is 1. The number of nitrogens with two attached hydrogens (primary N) is 1. The summed E-state index contributed by atoms with van der Waals surface area (Å²) in [4.78, 5) is 19.2. The van der Waals surface area contributed by atoms with Crippen molar-refractivity contribution in [2.75, 3.05) is 6.54 Å². The minimum Gasteiger partial charge on any atom is -0.460 e. The Morgan fingerprint density at radius 2 is 1.86 bits per heavy atom. The van der Waals surface area contributed by atoms with Crippen LogP contribution in [-0.2, 0) is 16.0 Å². The van der Waals surface area contributed by atoms with E-state index in [-0.39, 0.29) is 12.4 Å². The van der Waals surface area contributed by atoms with Gasteiger partial charge in [0.25, 0.3) is 0 Å². The number of esters is 1. The van der Waals surface area contributed by atoms with Crippen LogP contribution >= 0.6 is 11.3 Å². The fourth-order valence-corrected chi connectivity index (χ4v) is 5.39. The molecule has 8 heteroatoms. The van der Waals surface area contributed by atoms with Crippen molar-refractivity contribution in [3.8, 4) is 5.00 Å². The molecule has 0 fully saturated rings. The van der Waals surface area contributed by atoms with Crippen molar-refractivity contribution in [3.05, 3.63) is 75.2 Å². The van der Waals surface area contributed by atoms with Gasteiger partial charge in [-0.2, -0.15) is 0 Å². The number of rotatable bonds is 6. The third-order valence-corrected chi connectivity index (χ3v) is 7.10. The van der Waals surface area contributed by atoms with Crippen LogP contribution in [0, 0.1) is 20.8 Å². The molecule has 0 saturated heterocycles. The second kappa shape index (κ2) is 9.87. The number of thiophene rings is 1. The lowest BCUT2D eigenvalue weighted by Crippen LogP contribution is -2.25. The van der Waals surface area contributed by atoms with E-state index in [0.717, 1.165) is 34.1 Å². The third-order valence-electron chi connectivity index (χ3n) is 5.90. The first kappa shape index (κ1) is 25.0. The average Bonchev–Trinajstić information content (AvgIpc) is 3.25. The number of fused-ring (bicyclic) bond motifs is 3. The van der Waals surface area contributed by atoms with Crippen LogP contribution in [0.3, 0.4) is 0 Å². The summed E-state index contributed by atoms with van der Waals surface area (Å²) in [6.07, 6.45) is 4.96. The van der Waals surface area contributed by atoms with Crippen molar-refractivity contribution in [2.24, 2.45) is 10.7 Å². The SMILES string of the molecule is Cc1sc2c(c1C)C(c1ccc(C/C=C/CN)cc1)=N[C@@H](CC(=O)OC(C)(C)C)c1nnc(C)n1-2. The number of hydrogen-bond acceptors (Lipinski definition) is 7. The first-order chi connectivity index (χ1) is 16.6. The van der Waals surface area contributed by atoms with E-state index in [2.05, 4.69) is 59.0 Å². The molecule has 184 valence electrons. The fraction of sp³-hybridized carbons (Fsp3) is 0.407. The molecule has 35 heavy (non-hydrogen) atoms. The summed E-state index contributed by atoms with van der Waals surface area (Å²) in [6, 6.07) is 7.93. The number of benzene rings is 1. The van der Waals surface area contributed by atoms with Crippen molar-refractivity contribution in [3.63, 3.8) is 0 Å². The molecule has 3 heterocycles. The predicted octanol–water partition coefficient (Wildman–Crippen LogP) is 4.94. The Morgan fingerprint density at radius 1 is 1.14 bits per heavy atom. The maximum absolute atomic E-state index is 12.8. The molecule has 0 aliphatic carbocycles. The number of allylic oxidation sites excluding steroid dienone is 1. The monoisotopic (exact) mass is 491 g/mol. The topological polar surface area (TPSA) is 95.4 Å². The van der Waals surface area contributed by atoms with Crippen molar-refractivity contribution >= 4 is 23.0 Å². The number of aryl methyl sites for hydroxylation is 2. The lowest BCUT2D eigenvalue weighted by atomic mass is 9.98. The van der Waals surface area contributed by atoms with Crippen molar-refractivity contribution in [2.45, 2.75) is 66.0 Å². The smallest absolute Gasteiger partial charge is 0.308 e. The van der Waals surface area contributed by atoms with Gasteiger partial charge in [-0.15, -0.1) is 21.5 Å². The number of carbonyl (C=O) groups is 1. The van der Waals surface area contributed by atoms with E-state index in [4.69, 9.17) is 15.5 Å². The van der Waals surface area contributed by atoms with Crippen molar-refractivity contribution in [1.29, 1.82) is 0 Å². The highest BCUT2D eigenvalue weighted by molar-refractivity contribution is 7.15. The van der Waals surface area contributed by atoms with Crippen molar-refractivity contribution in [1.82, 2.24) is 14.8 Å². The van der Waals surface area contributed by atoms with E-state index in [1.54, 1.807) is 11.3 Å². The normalized spacial score (nSPS) is 15.5. The fourth-order valence-electron chi connectivity index (χ4n) is 4.18. The quantitative estimate of drug-likeness (QED) is 0.389. The molecule has 3 aromatic rings. The molecule has 0 radical (unpaired) electrons. The lowest BCUT2D eigenvalue weighted by molar-refractivity contribution is -0.155. The van der Waals surface area contributed by atoms with E-state index < -0.39 is 11.6 Å². The zero-order valence-corrected chi connectivity index (χ0v) is 22.1. The minimum absolute atomic E-state index is 0.0911. The summed E-state index contributed by atoms with van der Waals surface area (Å²) in [7, 11) is 0. The number of nitrogens with zero attached hydrogens (tertiary/aromatic N) is 4. The molecule has 0 spiro atoms. The predicted molar refractivity (Wildman–Crippen MR) is 141 cm³/mol. The Morgan fingerprint density at radius 3 is 2.51 bits per heavy atom. The number of carbonyl (C=O) groups excluding carboxylic acids is 1. The maximum Gasteiger partial charge on any atom is 0.308 e. The zero-order valence-electron chi connectivity index (χ0n) is 21.3. The molecular weight excluding hydrogens is 458 g/mol. The Kier molecular flexibility index (Phi) is 7.05. The second-order valence-electron chi connectivity index (χ2n) is 9.80. The van der Waals surface area contributed by atoms with Gasteiger partial charge in [0.15, 0.2) is 5.82 Å². The number of hydrogen-bond donors (Lipinski definition) is 1. The van der Waals surface area contributed by atoms with Crippen LogP contribution in [0.25, 0.3) is 5.00 Å². The summed E-state index contributed by atoms with van der Waals surface area (Å²) in [5.74, 6) is 1.13. The zero-order chi connectivity index (χ0) is 25.3. The van der Waals surface area contributed by atoms with Gasteiger partial charge in [-0.3, -0.25) is 14.4 Å². The molecule has 0 unspecified atom stereocenters. The Balaban J connectivity index is 1.83. The third kappa shape index (κ3) is 5.28. The molecular formula is C27H33N5O2S. The molecule has 7 nitrogen and oxygen atoms in total. The van der Waals surface area contributed by atoms with Gasteiger partial charge in [0, 0.05) is 22.5 Å². The van der Waals surface area contributed by atoms with Gasteiger partial charge >= 0.3 is 5.97 Å². The number of aromatic nitrogens is 3. The van der Waals surface area contributed by atoms with E-state index in [0.29, 0.717) is 12.4 Å². The number of ether oxygens (including phenoxy) is 1. The van der Waals surface area contributed by atoms with Gasteiger partial charge in [0.05, 0.1) is 12.1 Å². The first-order valence-electron chi connectivity index (χ1n) is 11.9. The van der Waals surface area contributed by atoms with Crippen LogP contribution < -0.4 is 5.73 Å². The second-order valence-corrected chi connectivity index (χ2v) is 11.0. The molecule has 2 N–H and O–H groups in total. The summed E-state index contributed by atoms with van der Waals surface area (Å²) in [5, 5.41) is 9.83. The van der Waals surface area contributed by atoms with Crippen LogP contribution in [0.15, 0.2) is 41.4 Å². The summed E-state index contributed by atoms with van der Waals surface area (Å²) < 4.78 is 7.68. The average molecular weight is 492 g/mol. The molecule has 0 amide bonds. The first-order valence-corrected chi connectivity index (χ1v) is 12.7. The van der Waals surface area contributed by atoms with Gasteiger partial charge in [-0.05, 0) is 59.1 Å². The molecule has 1 aliphatic rings. The van der Waals surface area contributed by atoms with E-state index >= 15 is 0 Å². The molecule has 2 aromatic heterocycles. The maximum atomic E-state index is 12.8. The van der Waals surface area contributed by atoms with E-state index in [1.165, 1.54) is 16.0 Å². The minimum atomic E-state index is -0.571. The highest BCUT2D eigenvalue weighted by Crippen LogP contribution is 2.39. The lowest BCUT2D eigenvalue weighted by Gasteiger charge is -2.21. The van der Waals surface area contributed by atoms with E-state index in [9.17, 15) is 4.79 Å². The molecule has 0 bridgehead atoms. The van der Waals surface area contributed by atoms with Gasteiger partial charge < -0.3 is 10.5 Å². The largest absolute Gasteiger partial charge is 0.460 e. The molecule has 0 saturated carbocycles. The van der Waals surface area contributed by atoms with Crippen molar-refractivity contribution < 1.29 is 9.53 Å². The Bertz CT molecular complexity index is 1290. The van der Waals surface area contributed by atoms with Gasteiger partial charge in [0.1, 0.15) is 22.5 Å². The molecule has 1 aliphatic heterocycles. The van der Waals surface area contributed by atoms with Crippen LogP contribution in [0.5, 0.6) is 0 Å². The van der Waals surface area contributed by atoms with Crippen LogP contribution in [0.4, 0.5) is 0 Å². The summed E-state index contributed by atoms with van der Waals surface area (Å²) in [6.45, 7) is 12.3. The highest BCUT2D eigenvalue weighted by Gasteiger charge is 2.33. The highest BCUT2D eigenvalue weighted by atomic mass is 32.1. The van der Waals surface area contributed by atoms with Gasteiger partial charge in [-0.25, -0.2) is 0 Å². The molecule has 1 atom stereocenters. The van der Waals surface area contributed by atoms with Crippen LogP contribution in [0.1, 0.15) is 72.0 Å². The molecule has 1 aromatic carbocycles. The summed E-state index contributed by atoms with van der Waals surface area (Å²) >= 11 is 1.70. The van der Waals surface area contributed by atoms with Crippen LogP contribution in [-0.4, -0.2) is 38.6 Å². The summed E-state index contributed by atoms with van der Waals surface area (Å²) in [5.41, 5.74) is 10.3. The van der Waals surface area contributed by atoms with Gasteiger partial charge in [0.2, 0.25) is 0 Å². The van der Waals surface area contributed by atoms with Gasteiger partial charge in [-0.1, -0.05) is 36.4 Å². The van der Waals surface area contributed by atoms with E-state index in [1.807, 2.05) is 33.8 Å². The molecule has 4 rings (SSSR count). The standard InChI is InChI=1S/C27H33N5O2S/c1-16-17(2)35-26-23(16)24(20-12-10-19(11-13-20)9-7-8-14-28)29-21(15-22(33)34-27(4,5)6)25-31-30-18(3)32(25)26/h7-8,10-13,21H,9,14-15,28H2,1-6H3/b8-7+/t21-/m0/s1. The Labute approximate surface area is 210 Å². The Hall–Kier alpha value is -3.10. The van der Waals surface area contributed by atoms with Crippen LogP contribution in [0.2, 0.25) is 0 Å².